The number of nitrogens with zero attached hydrogens (tertiary/aromatic N) is 1. The molecule has 0 spiro atoms. The van der Waals surface area contributed by atoms with Gasteiger partial charge in [-0.25, -0.2) is 9.78 Å². The maximum absolute atomic E-state index is 12.4. The zero-order valence-electron chi connectivity index (χ0n) is 13.5. The predicted octanol–water partition coefficient (Wildman–Crippen LogP) is 4.26. The van der Waals surface area contributed by atoms with E-state index in [-0.39, 0.29) is 6.16 Å². The summed E-state index contributed by atoms with van der Waals surface area (Å²) in [6.07, 6.45) is 1.09. The predicted molar refractivity (Wildman–Crippen MR) is 86.5 cm³/mol. The fourth-order valence-corrected chi connectivity index (χ4v) is 4.38. The molecule has 7 nitrogen and oxygen atoms in total. The van der Waals surface area contributed by atoms with Gasteiger partial charge in [-0.2, -0.15) is 0 Å². The van der Waals surface area contributed by atoms with Crippen molar-refractivity contribution in [2.45, 2.75) is 46.4 Å². The Morgan fingerprint density at radius 2 is 1.91 bits per heavy atom. The molecule has 126 valence electrons. The van der Waals surface area contributed by atoms with Crippen LogP contribution in [0.1, 0.15) is 39.5 Å². The Bertz CT molecular complexity index is 531. The molecule has 0 aliphatic carbocycles. The van der Waals surface area contributed by atoms with Crippen molar-refractivity contribution in [1.82, 2.24) is 4.98 Å². The topological polar surface area (TPSA) is 86.8 Å². The maximum atomic E-state index is 12.4. The largest absolute Gasteiger partial charge is 0.444 e. The monoisotopic (exact) mass is 350 g/mol. The smallest absolute Gasteiger partial charge is 0.413 e. The molecule has 0 atom stereocenters. The zero-order valence-corrected chi connectivity index (χ0v) is 15.3. The van der Waals surface area contributed by atoms with E-state index in [2.05, 4.69) is 10.3 Å². The van der Waals surface area contributed by atoms with Gasteiger partial charge in [0.1, 0.15) is 5.60 Å². The number of carbonyl (C=O) groups is 1. The highest BCUT2D eigenvalue weighted by atomic mass is 32.1. The van der Waals surface area contributed by atoms with Crippen molar-refractivity contribution in [2.75, 3.05) is 18.5 Å². The van der Waals surface area contributed by atoms with E-state index in [4.69, 9.17) is 13.8 Å². The van der Waals surface area contributed by atoms with Gasteiger partial charge >= 0.3 is 13.7 Å². The van der Waals surface area contributed by atoms with Crippen LogP contribution in [0.25, 0.3) is 0 Å². The number of rotatable bonds is 7. The van der Waals surface area contributed by atoms with E-state index in [0.717, 1.165) is 0 Å². The maximum Gasteiger partial charge on any atom is 0.413 e. The van der Waals surface area contributed by atoms with Gasteiger partial charge in [-0.3, -0.25) is 9.88 Å². The average Bonchev–Trinajstić information content (AvgIpc) is 2.73. The molecule has 22 heavy (non-hydrogen) atoms. The molecule has 0 bridgehead atoms. The van der Waals surface area contributed by atoms with Crippen LogP contribution in [0.2, 0.25) is 0 Å². The van der Waals surface area contributed by atoms with Crippen LogP contribution in [0.4, 0.5) is 9.93 Å². The molecule has 1 amide bonds. The first-order valence-corrected chi connectivity index (χ1v) is 9.54. The first-order chi connectivity index (χ1) is 10.2. The third-order valence-corrected chi connectivity index (χ3v) is 5.32. The first kappa shape index (κ1) is 19.1. The van der Waals surface area contributed by atoms with E-state index in [0.29, 0.717) is 23.2 Å². The minimum atomic E-state index is -3.17. The normalized spacial score (nSPS) is 12.2. The summed E-state index contributed by atoms with van der Waals surface area (Å²) in [5.74, 6) is 0. The number of carbonyl (C=O) groups excluding carboxylic acids is 1. The van der Waals surface area contributed by atoms with Gasteiger partial charge in [0.05, 0.1) is 19.4 Å². The van der Waals surface area contributed by atoms with Gasteiger partial charge in [0.2, 0.25) is 0 Å². The Labute approximate surface area is 134 Å². The van der Waals surface area contributed by atoms with E-state index < -0.39 is 19.3 Å². The highest BCUT2D eigenvalue weighted by Gasteiger charge is 2.25. The number of anilines is 1. The fourth-order valence-electron chi connectivity index (χ4n) is 1.54. The van der Waals surface area contributed by atoms with Gasteiger partial charge < -0.3 is 13.8 Å². The Hall–Kier alpha value is -0.950. The number of thiazole rings is 1. The Balaban J connectivity index is 2.67. The summed E-state index contributed by atoms with van der Waals surface area (Å²) in [7, 11) is -3.17. The highest BCUT2D eigenvalue weighted by molar-refractivity contribution is 7.53. The molecule has 0 fully saturated rings. The molecule has 0 aliphatic heterocycles. The van der Waals surface area contributed by atoms with Crippen LogP contribution in [-0.2, 0) is 24.5 Å². The van der Waals surface area contributed by atoms with Crippen LogP contribution in [-0.4, -0.2) is 29.9 Å². The third kappa shape index (κ3) is 6.87. The molecule has 1 heterocycles. The standard InChI is InChI=1S/C13H23N2O5PS/c1-6-18-21(17,19-7-2)9-10-8-14-11(22-10)15-12(16)20-13(3,4)5/h8H,6-7,9H2,1-5H3,(H,14,15,16). The van der Waals surface area contributed by atoms with Crippen molar-refractivity contribution in [2.24, 2.45) is 0 Å². The molecule has 0 unspecified atom stereocenters. The lowest BCUT2D eigenvalue weighted by Crippen LogP contribution is -2.27. The van der Waals surface area contributed by atoms with Gasteiger partial charge in [0.25, 0.3) is 0 Å². The highest BCUT2D eigenvalue weighted by Crippen LogP contribution is 2.52. The summed E-state index contributed by atoms with van der Waals surface area (Å²) in [4.78, 5) is 16.4. The Morgan fingerprint density at radius 3 is 2.41 bits per heavy atom. The van der Waals surface area contributed by atoms with Crippen LogP contribution in [0, 0.1) is 0 Å². The SMILES string of the molecule is CCOP(=O)(Cc1cnc(NC(=O)OC(C)(C)C)s1)OCC. The molecule has 1 N–H and O–H groups in total. The second kappa shape index (κ2) is 8.06. The number of nitrogens with one attached hydrogen (secondary N) is 1. The minimum absolute atomic E-state index is 0.127. The van der Waals surface area contributed by atoms with Gasteiger partial charge in [-0.05, 0) is 34.6 Å². The lowest BCUT2D eigenvalue weighted by Gasteiger charge is -2.18. The molecule has 1 aromatic rings. The number of amides is 1. The third-order valence-electron chi connectivity index (χ3n) is 2.16. The van der Waals surface area contributed by atoms with Crippen molar-refractivity contribution in [3.05, 3.63) is 11.1 Å². The van der Waals surface area contributed by atoms with Crippen molar-refractivity contribution in [3.8, 4) is 0 Å². The molecule has 0 saturated heterocycles. The number of aromatic nitrogens is 1. The molecular formula is C13H23N2O5PS. The second-order valence-corrected chi connectivity index (χ2v) is 8.53. The van der Waals surface area contributed by atoms with E-state index in [1.54, 1.807) is 40.8 Å². The lowest BCUT2D eigenvalue weighted by molar-refractivity contribution is 0.0636. The Kier molecular flexibility index (Phi) is 6.99. The molecule has 0 aliphatic rings. The van der Waals surface area contributed by atoms with Crippen molar-refractivity contribution in [3.63, 3.8) is 0 Å². The van der Waals surface area contributed by atoms with Gasteiger partial charge in [0, 0.05) is 11.1 Å². The summed E-state index contributed by atoms with van der Waals surface area (Å²) in [6, 6.07) is 0. The molecule has 1 rings (SSSR count). The molecule has 0 radical (unpaired) electrons. The van der Waals surface area contributed by atoms with Crippen LogP contribution in [0.15, 0.2) is 6.20 Å². The van der Waals surface area contributed by atoms with Gasteiger partial charge in [-0.15, -0.1) is 11.3 Å². The Morgan fingerprint density at radius 1 is 1.32 bits per heavy atom. The number of ether oxygens (including phenoxy) is 1. The fraction of sp³-hybridized carbons (Fsp3) is 0.692. The summed E-state index contributed by atoms with van der Waals surface area (Å²) in [5, 5.41) is 2.92. The molecule has 0 aromatic carbocycles. The van der Waals surface area contributed by atoms with Crippen molar-refractivity contribution in [1.29, 1.82) is 0 Å². The molecule has 1 aromatic heterocycles. The van der Waals surface area contributed by atoms with Crippen LogP contribution in [0.3, 0.4) is 0 Å². The second-order valence-electron chi connectivity index (χ2n) is 5.36. The van der Waals surface area contributed by atoms with E-state index in [1.165, 1.54) is 11.3 Å². The van der Waals surface area contributed by atoms with Crippen molar-refractivity contribution >= 4 is 30.2 Å². The first-order valence-electron chi connectivity index (χ1n) is 7.00. The van der Waals surface area contributed by atoms with E-state index in [1.807, 2.05) is 0 Å². The lowest BCUT2D eigenvalue weighted by atomic mass is 10.2. The average molecular weight is 350 g/mol. The minimum Gasteiger partial charge on any atom is -0.444 e. The van der Waals surface area contributed by atoms with E-state index in [9.17, 15) is 9.36 Å². The van der Waals surface area contributed by atoms with Crippen LogP contribution < -0.4 is 5.32 Å². The molecule has 9 heteroatoms. The molecular weight excluding hydrogens is 327 g/mol. The van der Waals surface area contributed by atoms with Gasteiger partial charge in [-0.1, -0.05) is 0 Å². The van der Waals surface area contributed by atoms with Crippen LogP contribution in [0.5, 0.6) is 0 Å². The van der Waals surface area contributed by atoms with Crippen molar-refractivity contribution < 1.29 is 23.1 Å². The number of hydrogen-bond donors (Lipinski definition) is 1. The van der Waals surface area contributed by atoms with Crippen LogP contribution >= 0.6 is 18.9 Å². The molecule has 0 saturated carbocycles. The summed E-state index contributed by atoms with van der Waals surface area (Å²) >= 11 is 1.21. The quantitative estimate of drug-likeness (QED) is 0.740. The van der Waals surface area contributed by atoms with Gasteiger partial charge in [0.15, 0.2) is 5.13 Å². The zero-order chi connectivity index (χ0) is 16.8. The summed E-state index contributed by atoms with van der Waals surface area (Å²) in [5.41, 5.74) is -0.580. The summed E-state index contributed by atoms with van der Waals surface area (Å²) < 4.78 is 28.0. The summed E-state index contributed by atoms with van der Waals surface area (Å²) in [6.45, 7) is 9.46. The number of hydrogen-bond acceptors (Lipinski definition) is 7. The van der Waals surface area contributed by atoms with E-state index >= 15 is 0 Å².